The van der Waals surface area contributed by atoms with Crippen LogP contribution in [0.5, 0.6) is 0 Å². The fourth-order valence-corrected chi connectivity index (χ4v) is 3.00. The minimum Gasteiger partial charge on any atom is -0.337 e. The van der Waals surface area contributed by atoms with Gasteiger partial charge in [0.1, 0.15) is 5.69 Å². The van der Waals surface area contributed by atoms with Crippen LogP contribution in [0.4, 0.5) is 0 Å². The van der Waals surface area contributed by atoms with E-state index < -0.39 is 9.84 Å². The van der Waals surface area contributed by atoms with E-state index in [1.165, 1.54) is 6.20 Å². The highest BCUT2D eigenvalue weighted by Gasteiger charge is 2.14. The lowest BCUT2D eigenvalue weighted by molar-refractivity contribution is 0.597. The number of rotatable bonds is 3. The summed E-state index contributed by atoms with van der Waals surface area (Å²) in [5, 5.41) is 0.547. The quantitative estimate of drug-likeness (QED) is 0.804. The van der Waals surface area contributed by atoms with Crippen LogP contribution in [0.15, 0.2) is 41.4 Å². The number of imidazole rings is 1. The van der Waals surface area contributed by atoms with Gasteiger partial charge in [0.05, 0.1) is 26.7 Å². The number of aromatic amines is 1. The molecule has 3 rings (SSSR count). The first-order valence-corrected chi connectivity index (χ1v) is 8.37. The molecular weight excluding hydrogens is 310 g/mol. The first-order chi connectivity index (χ1) is 9.99. The molecule has 0 saturated carbocycles. The Morgan fingerprint density at radius 3 is 2.71 bits per heavy atom. The maximum Gasteiger partial charge on any atom is 0.178 e. The number of sulfone groups is 1. The molecule has 0 aliphatic heterocycles. The molecule has 3 aromatic rings. The molecular formula is C14H12ClN3O2S. The van der Waals surface area contributed by atoms with Gasteiger partial charge in [0.15, 0.2) is 15.7 Å². The summed E-state index contributed by atoms with van der Waals surface area (Å²) < 4.78 is 23.8. The third-order valence-electron chi connectivity index (χ3n) is 3.16. The number of nitrogens with zero attached hydrogens (tertiary/aromatic N) is 2. The lowest BCUT2D eigenvalue weighted by Crippen LogP contribution is -2.03. The van der Waals surface area contributed by atoms with Crippen molar-refractivity contribution in [3.63, 3.8) is 0 Å². The minimum atomic E-state index is -3.23. The van der Waals surface area contributed by atoms with E-state index in [2.05, 4.69) is 15.0 Å². The van der Waals surface area contributed by atoms with E-state index >= 15 is 0 Å². The van der Waals surface area contributed by atoms with Crippen molar-refractivity contribution in [2.24, 2.45) is 0 Å². The van der Waals surface area contributed by atoms with E-state index in [-0.39, 0.29) is 10.6 Å². The highest BCUT2D eigenvalue weighted by atomic mass is 35.5. The van der Waals surface area contributed by atoms with Gasteiger partial charge in [-0.2, -0.15) is 0 Å². The summed E-state index contributed by atoms with van der Waals surface area (Å²) >= 11 is 5.80. The second-order valence-electron chi connectivity index (χ2n) is 4.53. The van der Waals surface area contributed by atoms with E-state index in [4.69, 9.17) is 11.6 Å². The molecule has 2 aromatic heterocycles. The third-order valence-corrected chi connectivity index (χ3v) is 5.12. The van der Waals surface area contributed by atoms with Crippen LogP contribution in [0.3, 0.4) is 0 Å². The normalized spacial score (nSPS) is 11.9. The Hall–Kier alpha value is -1.92. The van der Waals surface area contributed by atoms with Crippen molar-refractivity contribution in [1.82, 2.24) is 15.0 Å². The average molecular weight is 322 g/mol. The van der Waals surface area contributed by atoms with Gasteiger partial charge in [-0.05, 0) is 30.3 Å². The Balaban J connectivity index is 2.10. The molecule has 0 aliphatic carbocycles. The Kier molecular flexibility index (Phi) is 3.43. The number of hydrogen-bond acceptors (Lipinski definition) is 4. The van der Waals surface area contributed by atoms with Crippen LogP contribution in [-0.4, -0.2) is 29.1 Å². The molecule has 0 unspecified atom stereocenters. The van der Waals surface area contributed by atoms with Crippen molar-refractivity contribution >= 4 is 32.5 Å². The van der Waals surface area contributed by atoms with E-state index in [0.717, 1.165) is 0 Å². The molecule has 108 valence electrons. The molecule has 0 spiro atoms. The molecule has 0 amide bonds. The monoisotopic (exact) mass is 321 g/mol. The molecule has 0 saturated heterocycles. The standard InChI is InChI=1S/C14H12ClN3O2S/c1-2-21(19,20)10-4-6-11-13(7-10)18-14(17-11)12-5-3-9(15)8-16-12/h3-8H,2H2,1H3,(H,17,18). The predicted octanol–water partition coefficient (Wildman–Crippen LogP) is 3.07. The highest BCUT2D eigenvalue weighted by Crippen LogP contribution is 2.22. The third kappa shape index (κ3) is 2.64. The fraction of sp³-hybridized carbons (Fsp3) is 0.143. The maximum absolute atomic E-state index is 11.9. The van der Waals surface area contributed by atoms with Crippen molar-refractivity contribution in [1.29, 1.82) is 0 Å². The SMILES string of the molecule is CCS(=O)(=O)c1ccc2nc(-c3ccc(Cl)cn3)[nH]c2c1. The largest absolute Gasteiger partial charge is 0.337 e. The summed E-state index contributed by atoms with van der Waals surface area (Å²) in [6.45, 7) is 1.62. The molecule has 0 radical (unpaired) electrons. The molecule has 5 nitrogen and oxygen atoms in total. The van der Waals surface area contributed by atoms with Gasteiger partial charge in [0.2, 0.25) is 0 Å². The molecule has 2 heterocycles. The van der Waals surface area contributed by atoms with Crippen molar-refractivity contribution < 1.29 is 8.42 Å². The molecule has 0 bridgehead atoms. The van der Waals surface area contributed by atoms with Gasteiger partial charge >= 0.3 is 0 Å². The number of H-pyrrole nitrogens is 1. The minimum absolute atomic E-state index is 0.0677. The van der Waals surface area contributed by atoms with Crippen LogP contribution in [-0.2, 0) is 9.84 Å². The van der Waals surface area contributed by atoms with Gasteiger partial charge in [-0.15, -0.1) is 0 Å². The van der Waals surface area contributed by atoms with Gasteiger partial charge in [0, 0.05) is 6.20 Å². The zero-order valence-corrected chi connectivity index (χ0v) is 12.7. The van der Waals surface area contributed by atoms with E-state index in [9.17, 15) is 8.42 Å². The summed E-state index contributed by atoms with van der Waals surface area (Å²) in [6, 6.07) is 8.34. The van der Waals surface area contributed by atoms with Crippen LogP contribution < -0.4 is 0 Å². The number of fused-ring (bicyclic) bond motifs is 1. The van der Waals surface area contributed by atoms with Crippen LogP contribution in [0.1, 0.15) is 6.92 Å². The van der Waals surface area contributed by atoms with Crippen LogP contribution >= 0.6 is 11.6 Å². The van der Waals surface area contributed by atoms with Crippen LogP contribution in [0.25, 0.3) is 22.6 Å². The van der Waals surface area contributed by atoms with Crippen molar-refractivity contribution in [3.05, 3.63) is 41.6 Å². The molecule has 1 aromatic carbocycles. The molecule has 7 heteroatoms. The highest BCUT2D eigenvalue weighted by molar-refractivity contribution is 7.91. The summed E-state index contributed by atoms with van der Waals surface area (Å²) in [4.78, 5) is 12.0. The zero-order chi connectivity index (χ0) is 15.0. The van der Waals surface area contributed by atoms with Gasteiger partial charge in [-0.3, -0.25) is 4.98 Å². The molecule has 1 N–H and O–H groups in total. The topological polar surface area (TPSA) is 75.7 Å². The Morgan fingerprint density at radius 2 is 2.05 bits per heavy atom. The van der Waals surface area contributed by atoms with Gasteiger partial charge < -0.3 is 4.98 Å². The average Bonchev–Trinajstić information content (AvgIpc) is 2.90. The van der Waals surface area contributed by atoms with E-state index in [1.807, 2.05) is 0 Å². The maximum atomic E-state index is 11.9. The zero-order valence-electron chi connectivity index (χ0n) is 11.2. The van der Waals surface area contributed by atoms with Crippen LogP contribution in [0.2, 0.25) is 5.02 Å². The number of benzene rings is 1. The number of hydrogen-bond donors (Lipinski definition) is 1. The first kappa shape index (κ1) is 14.0. The Morgan fingerprint density at radius 1 is 1.24 bits per heavy atom. The molecule has 0 fully saturated rings. The smallest absolute Gasteiger partial charge is 0.178 e. The summed E-state index contributed by atoms with van der Waals surface area (Å²) in [6.07, 6.45) is 1.54. The second kappa shape index (κ2) is 5.13. The lowest BCUT2D eigenvalue weighted by atomic mass is 10.3. The van der Waals surface area contributed by atoms with Gasteiger partial charge in [-0.25, -0.2) is 13.4 Å². The number of nitrogens with one attached hydrogen (secondary N) is 1. The summed E-state index contributed by atoms with van der Waals surface area (Å²) in [5.41, 5.74) is 2.00. The Bertz CT molecular complexity index is 902. The number of halogens is 1. The number of pyridine rings is 1. The van der Waals surface area contributed by atoms with Crippen molar-refractivity contribution in [3.8, 4) is 11.5 Å². The Labute approximate surface area is 126 Å². The lowest BCUT2D eigenvalue weighted by Gasteiger charge is -2.00. The molecule has 0 atom stereocenters. The van der Waals surface area contributed by atoms with Crippen molar-refractivity contribution in [2.45, 2.75) is 11.8 Å². The fourth-order valence-electron chi connectivity index (χ4n) is 1.99. The summed E-state index contributed by atoms with van der Waals surface area (Å²) in [5.74, 6) is 0.644. The van der Waals surface area contributed by atoms with E-state index in [0.29, 0.717) is 27.6 Å². The predicted molar refractivity (Wildman–Crippen MR) is 82.1 cm³/mol. The van der Waals surface area contributed by atoms with Crippen molar-refractivity contribution in [2.75, 3.05) is 5.75 Å². The van der Waals surface area contributed by atoms with Gasteiger partial charge in [0.25, 0.3) is 0 Å². The van der Waals surface area contributed by atoms with E-state index in [1.54, 1.807) is 37.3 Å². The number of aromatic nitrogens is 3. The first-order valence-electron chi connectivity index (χ1n) is 6.34. The molecule has 0 aliphatic rings. The van der Waals surface area contributed by atoms with Gasteiger partial charge in [-0.1, -0.05) is 18.5 Å². The summed E-state index contributed by atoms with van der Waals surface area (Å²) in [7, 11) is -3.23. The molecule has 21 heavy (non-hydrogen) atoms. The second-order valence-corrected chi connectivity index (χ2v) is 7.24. The van der Waals surface area contributed by atoms with Crippen LogP contribution in [0, 0.1) is 0 Å².